The summed E-state index contributed by atoms with van der Waals surface area (Å²) >= 11 is 1.70. The third-order valence-electron chi connectivity index (χ3n) is 4.92. The van der Waals surface area contributed by atoms with E-state index in [9.17, 15) is 9.59 Å². The van der Waals surface area contributed by atoms with E-state index in [4.69, 9.17) is 0 Å². The average Bonchev–Trinajstić information content (AvgIpc) is 2.77. The lowest BCUT2D eigenvalue weighted by atomic mass is 9.96. The van der Waals surface area contributed by atoms with Gasteiger partial charge in [0.05, 0.1) is 5.56 Å². The number of amides is 2. The van der Waals surface area contributed by atoms with Crippen molar-refractivity contribution in [2.75, 3.05) is 25.9 Å². The first kappa shape index (κ1) is 20.1. The molecule has 1 aliphatic rings. The van der Waals surface area contributed by atoms with Gasteiger partial charge in [-0.3, -0.25) is 14.6 Å². The van der Waals surface area contributed by atoms with E-state index < -0.39 is 0 Å². The second-order valence-corrected chi connectivity index (χ2v) is 7.71. The molecule has 3 rings (SSSR count). The minimum Gasteiger partial charge on any atom is -0.352 e. The van der Waals surface area contributed by atoms with Crippen LogP contribution in [0.5, 0.6) is 0 Å². The third kappa shape index (κ3) is 5.70. The summed E-state index contributed by atoms with van der Waals surface area (Å²) in [7, 11) is 0. The lowest BCUT2D eigenvalue weighted by molar-refractivity contribution is -0.116. The second-order valence-electron chi connectivity index (χ2n) is 6.83. The molecule has 0 atom stereocenters. The minimum atomic E-state index is -0.0807. The molecule has 1 N–H and O–H groups in total. The normalized spacial score (nSPS) is 15.0. The number of pyridine rings is 1. The first-order valence-corrected chi connectivity index (χ1v) is 10.7. The highest BCUT2D eigenvalue weighted by Crippen LogP contribution is 2.18. The predicted molar refractivity (Wildman–Crippen MR) is 113 cm³/mol. The van der Waals surface area contributed by atoms with Gasteiger partial charge in [0, 0.05) is 43.0 Å². The number of hydrogen-bond acceptors (Lipinski definition) is 4. The van der Waals surface area contributed by atoms with Crippen molar-refractivity contribution in [3.05, 3.63) is 66.0 Å². The molecule has 1 saturated heterocycles. The van der Waals surface area contributed by atoms with Crippen molar-refractivity contribution >= 4 is 29.7 Å². The molecule has 1 aliphatic heterocycles. The Labute approximate surface area is 170 Å². The Bertz CT molecular complexity index is 813. The van der Waals surface area contributed by atoms with Crippen LogP contribution in [0.1, 0.15) is 28.8 Å². The fraction of sp³-hybridized carbons (Fsp3) is 0.318. The Morgan fingerprint density at radius 1 is 1.21 bits per heavy atom. The molecular weight excluding hydrogens is 370 g/mol. The molecule has 2 aromatic rings. The molecule has 0 unspecified atom stereocenters. The van der Waals surface area contributed by atoms with Crippen LogP contribution in [-0.4, -0.2) is 47.6 Å². The number of likely N-dealkylation sites (tertiary alicyclic amines) is 1. The molecule has 1 aromatic carbocycles. The summed E-state index contributed by atoms with van der Waals surface area (Å²) in [5, 5.41) is 2.98. The van der Waals surface area contributed by atoms with E-state index in [1.54, 1.807) is 42.4 Å². The Morgan fingerprint density at radius 3 is 2.61 bits per heavy atom. The number of carbonyl (C=O) groups excluding carboxylic acids is 2. The van der Waals surface area contributed by atoms with Gasteiger partial charge in [-0.2, -0.15) is 0 Å². The SMILES string of the molecule is CSc1ccc(C=CC(=O)NCC2CCN(C(=O)c3cccnc3)CC2)cc1. The van der Waals surface area contributed by atoms with Gasteiger partial charge in [-0.05, 0) is 60.9 Å². The van der Waals surface area contributed by atoms with Crippen LogP contribution in [0.2, 0.25) is 0 Å². The monoisotopic (exact) mass is 395 g/mol. The predicted octanol–water partition coefficient (Wildman–Crippen LogP) is 3.49. The van der Waals surface area contributed by atoms with E-state index in [2.05, 4.69) is 10.3 Å². The lowest BCUT2D eigenvalue weighted by Crippen LogP contribution is -2.41. The van der Waals surface area contributed by atoms with Gasteiger partial charge in [-0.25, -0.2) is 0 Å². The van der Waals surface area contributed by atoms with Gasteiger partial charge in [0.2, 0.25) is 5.91 Å². The third-order valence-corrected chi connectivity index (χ3v) is 5.66. The maximum atomic E-state index is 12.4. The van der Waals surface area contributed by atoms with E-state index in [1.807, 2.05) is 41.5 Å². The van der Waals surface area contributed by atoms with Gasteiger partial charge < -0.3 is 10.2 Å². The van der Waals surface area contributed by atoms with Crippen LogP contribution < -0.4 is 5.32 Å². The quantitative estimate of drug-likeness (QED) is 0.601. The van der Waals surface area contributed by atoms with Crippen LogP contribution in [-0.2, 0) is 4.79 Å². The van der Waals surface area contributed by atoms with Crippen LogP contribution in [0.25, 0.3) is 6.08 Å². The fourth-order valence-electron chi connectivity index (χ4n) is 3.20. The van der Waals surface area contributed by atoms with Crippen LogP contribution >= 0.6 is 11.8 Å². The van der Waals surface area contributed by atoms with Crippen LogP contribution in [0.4, 0.5) is 0 Å². The summed E-state index contributed by atoms with van der Waals surface area (Å²) in [6.07, 6.45) is 10.5. The molecule has 1 aromatic heterocycles. The maximum Gasteiger partial charge on any atom is 0.255 e. The van der Waals surface area contributed by atoms with Crippen molar-refractivity contribution in [3.63, 3.8) is 0 Å². The number of rotatable bonds is 6. The van der Waals surface area contributed by atoms with Crippen molar-refractivity contribution < 1.29 is 9.59 Å². The summed E-state index contributed by atoms with van der Waals surface area (Å²) in [6.45, 7) is 2.07. The highest BCUT2D eigenvalue weighted by Gasteiger charge is 2.23. The zero-order valence-electron chi connectivity index (χ0n) is 16.0. The van der Waals surface area contributed by atoms with Crippen LogP contribution in [0, 0.1) is 5.92 Å². The van der Waals surface area contributed by atoms with E-state index >= 15 is 0 Å². The summed E-state index contributed by atoms with van der Waals surface area (Å²) in [5.41, 5.74) is 1.64. The summed E-state index contributed by atoms with van der Waals surface area (Å²) in [5.74, 6) is 0.352. The van der Waals surface area contributed by atoms with Gasteiger partial charge in [0.1, 0.15) is 0 Å². The molecule has 0 bridgehead atoms. The van der Waals surface area contributed by atoms with Crippen molar-refractivity contribution in [2.45, 2.75) is 17.7 Å². The molecule has 0 spiro atoms. The summed E-state index contributed by atoms with van der Waals surface area (Å²) < 4.78 is 0. The molecule has 146 valence electrons. The molecule has 2 heterocycles. The number of aromatic nitrogens is 1. The Hall–Kier alpha value is -2.60. The number of nitrogens with one attached hydrogen (secondary N) is 1. The number of thioether (sulfide) groups is 1. The molecule has 5 nitrogen and oxygen atoms in total. The molecule has 6 heteroatoms. The van der Waals surface area contributed by atoms with E-state index in [-0.39, 0.29) is 11.8 Å². The summed E-state index contributed by atoms with van der Waals surface area (Å²) in [4.78, 5) is 31.6. The molecule has 0 radical (unpaired) electrons. The average molecular weight is 396 g/mol. The second kappa shape index (κ2) is 10.1. The molecule has 2 amide bonds. The van der Waals surface area contributed by atoms with Gasteiger partial charge in [0.25, 0.3) is 5.91 Å². The van der Waals surface area contributed by atoms with Crippen molar-refractivity contribution in [2.24, 2.45) is 5.92 Å². The number of benzene rings is 1. The van der Waals surface area contributed by atoms with Crippen molar-refractivity contribution in [1.82, 2.24) is 15.2 Å². The zero-order valence-corrected chi connectivity index (χ0v) is 16.8. The first-order chi connectivity index (χ1) is 13.7. The zero-order chi connectivity index (χ0) is 19.8. The fourth-order valence-corrected chi connectivity index (χ4v) is 3.61. The van der Waals surface area contributed by atoms with Gasteiger partial charge >= 0.3 is 0 Å². The number of piperidine rings is 1. The smallest absolute Gasteiger partial charge is 0.255 e. The largest absolute Gasteiger partial charge is 0.352 e. The highest BCUT2D eigenvalue weighted by molar-refractivity contribution is 7.98. The number of hydrogen-bond donors (Lipinski definition) is 1. The summed E-state index contributed by atoms with van der Waals surface area (Å²) in [6, 6.07) is 11.7. The van der Waals surface area contributed by atoms with Crippen LogP contribution in [0.15, 0.2) is 59.8 Å². The van der Waals surface area contributed by atoms with Crippen molar-refractivity contribution in [1.29, 1.82) is 0 Å². The molecule has 28 heavy (non-hydrogen) atoms. The van der Waals surface area contributed by atoms with Crippen molar-refractivity contribution in [3.8, 4) is 0 Å². The van der Waals surface area contributed by atoms with E-state index in [1.165, 1.54) is 4.90 Å². The van der Waals surface area contributed by atoms with Gasteiger partial charge in [-0.1, -0.05) is 12.1 Å². The minimum absolute atomic E-state index is 0.0333. The highest BCUT2D eigenvalue weighted by atomic mass is 32.2. The van der Waals surface area contributed by atoms with Gasteiger partial charge in [-0.15, -0.1) is 11.8 Å². The lowest BCUT2D eigenvalue weighted by Gasteiger charge is -2.32. The topological polar surface area (TPSA) is 62.3 Å². The maximum absolute atomic E-state index is 12.4. The molecule has 1 fully saturated rings. The Morgan fingerprint density at radius 2 is 1.96 bits per heavy atom. The molecule has 0 saturated carbocycles. The molecule has 0 aliphatic carbocycles. The van der Waals surface area contributed by atoms with Crippen LogP contribution in [0.3, 0.4) is 0 Å². The Balaban J connectivity index is 1.40. The van der Waals surface area contributed by atoms with E-state index in [0.717, 1.165) is 18.4 Å². The van der Waals surface area contributed by atoms with E-state index in [0.29, 0.717) is 31.1 Å². The first-order valence-electron chi connectivity index (χ1n) is 9.45. The Kier molecular flexibility index (Phi) is 7.25. The number of carbonyl (C=O) groups is 2. The standard InChI is InChI=1S/C22H25N3O2S/c1-28-20-7-4-17(5-8-20)6-9-21(26)24-15-18-10-13-25(14-11-18)22(27)19-3-2-12-23-16-19/h2-9,12,16,18H,10-11,13-15H2,1H3,(H,24,26). The molecular formula is C22H25N3O2S. The van der Waals surface area contributed by atoms with Gasteiger partial charge in [0.15, 0.2) is 0 Å². The number of nitrogens with zero attached hydrogens (tertiary/aromatic N) is 2.